The average Bonchev–Trinajstić information content (AvgIpc) is 2.80. The Bertz CT molecular complexity index is 430. The van der Waals surface area contributed by atoms with E-state index in [1.807, 2.05) is 13.0 Å². The second kappa shape index (κ2) is 13.8. The number of aliphatic carboxylic acids is 1. The number of allylic oxidation sites excluding steroid dienone is 1. The molecule has 0 radical (unpaired) electrons. The number of hydrogen-bond acceptors (Lipinski definition) is 4. The minimum atomic E-state index is -0.711. The molecule has 0 aromatic rings. The first kappa shape index (κ1) is 23.5. The molecule has 0 bridgehead atoms. The molecular formula is C20H34O5. The first-order valence-electron chi connectivity index (χ1n) is 9.27. The maximum absolute atomic E-state index is 11.7. The number of carbonyl (C=O) groups excluding carboxylic acids is 1. The van der Waals surface area contributed by atoms with Gasteiger partial charge in [-0.25, -0.2) is 0 Å². The van der Waals surface area contributed by atoms with Crippen LogP contribution in [0.5, 0.6) is 0 Å². The maximum Gasteiger partial charge on any atom is 0.303 e. The molecule has 0 spiro atoms. The van der Waals surface area contributed by atoms with Gasteiger partial charge in [0, 0.05) is 24.7 Å². The summed E-state index contributed by atoms with van der Waals surface area (Å²) in [5.74, 6) is -0.960. The van der Waals surface area contributed by atoms with Crippen LogP contribution in [0.25, 0.3) is 0 Å². The third-order valence-corrected chi connectivity index (χ3v) is 4.28. The molecule has 1 aliphatic rings. The molecule has 0 amide bonds. The van der Waals surface area contributed by atoms with Crippen LogP contribution in [0.4, 0.5) is 0 Å². The highest BCUT2D eigenvalue weighted by molar-refractivity contribution is 5.84. The van der Waals surface area contributed by atoms with Crippen molar-refractivity contribution < 1.29 is 24.9 Å². The van der Waals surface area contributed by atoms with E-state index in [1.54, 1.807) is 12.2 Å². The van der Waals surface area contributed by atoms with Crippen molar-refractivity contribution in [3.8, 4) is 0 Å². The van der Waals surface area contributed by atoms with E-state index in [0.717, 1.165) is 32.1 Å². The van der Waals surface area contributed by atoms with Crippen LogP contribution in [0, 0.1) is 11.8 Å². The summed E-state index contributed by atoms with van der Waals surface area (Å²) in [5.41, 5.74) is 0. The number of ketones is 1. The smallest absolute Gasteiger partial charge is 0.303 e. The summed E-state index contributed by atoms with van der Waals surface area (Å²) in [7, 11) is 0. The van der Waals surface area contributed by atoms with E-state index in [4.69, 9.17) is 5.11 Å². The molecule has 1 rings (SSSR count). The molecule has 3 N–H and O–H groups in total. The van der Waals surface area contributed by atoms with Crippen LogP contribution in [0.1, 0.15) is 65.2 Å². The third-order valence-electron chi connectivity index (χ3n) is 4.28. The summed E-state index contributed by atoms with van der Waals surface area (Å²) >= 11 is 0. The van der Waals surface area contributed by atoms with E-state index < -0.39 is 18.2 Å². The van der Waals surface area contributed by atoms with Crippen molar-refractivity contribution in [3.63, 3.8) is 0 Å². The van der Waals surface area contributed by atoms with Gasteiger partial charge in [0.2, 0.25) is 0 Å². The quantitative estimate of drug-likeness (QED) is 0.412. The molecule has 0 aromatic heterocycles. The number of carbonyl (C=O) groups is 2. The lowest BCUT2D eigenvalue weighted by Crippen LogP contribution is -2.18. The Labute approximate surface area is 151 Å². The molecule has 144 valence electrons. The van der Waals surface area contributed by atoms with Crippen molar-refractivity contribution in [2.24, 2.45) is 11.8 Å². The van der Waals surface area contributed by atoms with Crippen molar-refractivity contribution in [2.75, 3.05) is 0 Å². The highest BCUT2D eigenvalue weighted by Gasteiger charge is 2.39. The molecule has 0 heterocycles. The van der Waals surface area contributed by atoms with E-state index >= 15 is 0 Å². The first-order chi connectivity index (χ1) is 11.9. The molecule has 0 aromatic carbocycles. The van der Waals surface area contributed by atoms with Crippen molar-refractivity contribution in [2.45, 2.75) is 77.4 Å². The van der Waals surface area contributed by atoms with Gasteiger partial charge in [-0.1, -0.05) is 51.3 Å². The molecule has 0 unspecified atom stereocenters. The fourth-order valence-corrected chi connectivity index (χ4v) is 2.88. The summed E-state index contributed by atoms with van der Waals surface area (Å²) in [6, 6.07) is 0. The maximum atomic E-state index is 11.7. The van der Waals surface area contributed by atoms with E-state index in [1.165, 1.54) is 0 Å². The molecule has 5 nitrogen and oxygen atoms in total. The predicted molar refractivity (Wildman–Crippen MR) is 99.3 cm³/mol. The average molecular weight is 354 g/mol. The molecule has 1 fully saturated rings. The lowest BCUT2D eigenvalue weighted by molar-refractivity contribution is -0.137. The van der Waals surface area contributed by atoms with Gasteiger partial charge in [-0.3, -0.25) is 9.59 Å². The van der Waals surface area contributed by atoms with Gasteiger partial charge in [0.25, 0.3) is 0 Å². The van der Waals surface area contributed by atoms with Crippen LogP contribution in [-0.2, 0) is 9.59 Å². The fourth-order valence-electron chi connectivity index (χ4n) is 2.88. The van der Waals surface area contributed by atoms with Crippen molar-refractivity contribution >= 4 is 11.8 Å². The van der Waals surface area contributed by atoms with E-state index in [-0.39, 0.29) is 24.0 Å². The minimum absolute atomic E-state index is 0.0996. The van der Waals surface area contributed by atoms with Crippen LogP contribution >= 0.6 is 0 Å². The molecule has 5 heteroatoms. The zero-order valence-electron chi connectivity index (χ0n) is 15.6. The van der Waals surface area contributed by atoms with Gasteiger partial charge in [0.1, 0.15) is 5.78 Å². The molecule has 25 heavy (non-hydrogen) atoms. The molecule has 0 aliphatic heterocycles. The number of unbranched alkanes of at least 4 members (excludes halogenated alkanes) is 2. The number of carboxylic acid groups (broad SMARTS) is 1. The van der Waals surface area contributed by atoms with Gasteiger partial charge < -0.3 is 15.3 Å². The number of Topliss-reactive ketones (excluding diaryl/α,β-unsaturated/α-hetero) is 1. The zero-order valence-corrected chi connectivity index (χ0v) is 15.6. The Kier molecular flexibility index (Phi) is 13.0. The van der Waals surface area contributed by atoms with E-state index in [2.05, 4.69) is 13.5 Å². The van der Waals surface area contributed by atoms with E-state index in [0.29, 0.717) is 12.8 Å². The molecule has 1 aliphatic carbocycles. The summed E-state index contributed by atoms with van der Waals surface area (Å²) in [6.07, 6.45) is 10.0. The third kappa shape index (κ3) is 10.2. The Balaban J connectivity index is 0.000000823. The summed E-state index contributed by atoms with van der Waals surface area (Å²) < 4.78 is 0. The van der Waals surface area contributed by atoms with Gasteiger partial charge in [-0.05, 0) is 19.3 Å². The number of hydrogen-bond donors (Lipinski definition) is 3. The first-order valence-corrected chi connectivity index (χ1v) is 9.27. The van der Waals surface area contributed by atoms with Crippen molar-refractivity contribution in [3.05, 3.63) is 24.8 Å². The predicted octanol–water partition coefficient (Wildman–Crippen LogP) is 3.50. The number of aliphatic hydroxyl groups is 2. The van der Waals surface area contributed by atoms with Crippen molar-refractivity contribution in [1.82, 2.24) is 0 Å². The van der Waals surface area contributed by atoms with Gasteiger partial charge in [-0.15, -0.1) is 6.58 Å². The highest BCUT2D eigenvalue weighted by Crippen LogP contribution is 2.33. The van der Waals surface area contributed by atoms with Crippen LogP contribution in [-0.4, -0.2) is 39.3 Å². The van der Waals surface area contributed by atoms with Crippen LogP contribution in [0.15, 0.2) is 24.8 Å². The summed E-state index contributed by atoms with van der Waals surface area (Å²) in [5, 5.41) is 27.6. The number of aliphatic hydroxyl groups excluding tert-OH is 2. The number of carboxylic acids is 1. The minimum Gasteiger partial charge on any atom is -0.481 e. The largest absolute Gasteiger partial charge is 0.481 e. The second-order valence-electron chi connectivity index (χ2n) is 6.54. The molecule has 1 saturated carbocycles. The Morgan fingerprint density at radius 3 is 2.48 bits per heavy atom. The van der Waals surface area contributed by atoms with Crippen LogP contribution < -0.4 is 0 Å². The second-order valence-corrected chi connectivity index (χ2v) is 6.54. The highest BCUT2D eigenvalue weighted by atomic mass is 16.4. The summed E-state index contributed by atoms with van der Waals surface area (Å²) in [4.78, 5) is 21.3. The zero-order chi connectivity index (χ0) is 19.2. The standard InChI is InChI=1S/C16H26O3.C4H8O2/c1-3-5-6-8-12(17)9-10-14-13(7-4-2)15(18)11-16(14)19;1-2-3-4(5)6/h4,9-10,12-14,16-17,19H,2-3,5-8,11H2,1H3;2-3H2,1H3,(H,5,6)/b10-9+;/t12-,13+,14+,16+;/m0./s1. The van der Waals surface area contributed by atoms with Crippen molar-refractivity contribution in [1.29, 1.82) is 0 Å². The monoisotopic (exact) mass is 354 g/mol. The SMILES string of the molecule is C=CC[C@H]1C(=O)C[C@@H](O)[C@@H]1/C=C/[C@@H](O)CCCCC.CCCC(=O)O. The molecule has 0 saturated heterocycles. The lowest BCUT2D eigenvalue weighted by Gasteiger charge is -2.16. The molecule has 4 atom stereocenters. The van der Waals surface area contributed by atoms with E-state index in [9.17, 15) is 19.8 Å². The Morgan fingerprint density at radius 1 is 1.32 bits per heavy atom. The Morgan fingerprint density at radius 2 is 2.00 bits per heavy atom. The van der Waals surface area contributed by atoms with Gasteiger partial charge in [0.05, 0.1) is 12.2 Å². The Hall–Kier alpha value is -1.46. The topological polar surface area (TPSA) is 94.8 Å². The fraction of sp³-hybridized carbons (Fsp3) is 0.700. The number of rotatable bonds is 10. The molecular weight excluding hydrogens is 320 g/mol. The van der Waals surface area contributed by atoms with Gasteiger partial charge >= 0.3 is 5.97 Å². The van der Waals surface area contributed by atoms with Crippen LogP contribution in [0.3, 0.4) is 0 Å². The van der Waals surface area contributed by atoms with Gasteiger partial charge in [-0.2, -0.15) is 0 Å². The normalized spacial score (nSPS) is 24.0. The summed E-state index contributed by atoms with van der Waals surface area (Å²) in [6.45, 7) is 7.62. The lowest BCUT2D eigenvalue weighted by atomic mass is 9.90. The van der Waals surface area contributed by atoms with Crippen LogP contribution in [0.2, 0.25) is 0 Å². The van der Waals surface area contributed by atoms with Gasteiger partial charge in [0.15, 0.2) is 0 Å².